The highest BCUT2D eigenvalue weighted by molar-refractivity contribution is 9.10. The normalized spacial score (nSPS) is 13.6. The molecule has 0 atom stereocenters. The van der Waals surface area contributed by atoms with Gasteiger partial charge in [0.1, 0.15) is 18.2 Å². The smallest absolute Gasteiger partial charge is 0.162 e. The number of halogens is 2. The highest BCUT2D eigenvalue weighted by Gasteiger charge is 2.29. The van der Waals surface area contributed by atoms with Crippen LogP contribution in [0.15, 0.2) is 66.1 Å². The van der Waals surface area contributed by atoms with Crippen LogP contribution < -0.4 is 14.8 Å². The lowest BCUT2D eigenvalue weighted by atomic mass is 10.1. The summed E-state index contributed by atoms with van der Waals surface area (Å²) in [6.07, 6.45) is 3.30. The van der Waals surface area contributed by atoms with Gasteiger partial charge in [-0.15, -0.1) is 0 Å². The first kappa shape index (κ1) is 20.5. The first-order chi connectivity index (χ1) is 14.5. The van der Waals surface area contributed by atoms with Crippen LogP contribution in [0.25, 0.3) is 10.9 Å². The third kappa shape index (κ3) is 4.08. The summed E-state index contributed by atoms with van der Waals surface area (Å²) < 4.78 is 12.6. The lowest BCUT2D eigenvalue weighted by molar-refractivity contribution is 0.0454. The number of fused-ring (bicyclic) bond motifs is 1. The minimum Gasteiger partial charge on any atom is -0.493 e. The highest BCUT2D eigenvalue weighted by atomic mass is 79.9. The van der Waals surface area contributed by atoms with E-state index < -0.39 is 0 Å². The van der Waals surface area contributed by atoms with Crippen molar-refractivity contribution in [3.8, 4) is 11.5 Å². The largest absolute Gasteiger partial charge is 0.493 e. The molecule has 30 heavy (non-hydrogen) atoms. The summed E-state index contributed by atoms with van der Waals surface area (Å²) in [5, 5.41) is 4.74. The Morgan fingerprint density at radius 2 is 2.07 bits per heavy atom. The van der Waals surface area contributed by atoms with Gasteiger partial charge >= 0.3 is 0 Å². The van der Waals surface area contributed by atoms with Crippen molar-refractivity contribution in [2.45, 2.75) is 6.10 Å². The van der Waals surface area contributed by atoms with Crippen molar-refractivity contribution in [3.63, 3.8) is 0 Å². The fraction of sp³-hybridized carbons (Fsp3) is 0.182. The van der Waals surface area contributed by atoms with Crippen LogP contribution in [0.2, 0.25) is 5.02 Å². The summed E-state index contributed by atoms with van der Waals surface area (Å²) in [6.45, 7) is 9.22. The predicted octanol–water partition coefficient (Wildman–Crippen LogP) is 5.56. The molecule has 154 valence electrons. The van der Waals surface area contributed by atoms with Crippen LogP contribution in [0, 0.1) is 0 Å². The maximum atomic E-state index is 6.21. The van der Waals surface area contributed by atoms with Crippen molar-refractivity contribution in [1.82, 2.24) is 14.9 Å². The third-order valence-corrected chi connectivity index (χ3v) is 6.12. The van der Waals surface area contributed by atoms with Gasteiger partial charge in [0.15, 0.2) is 11.5 Å². The highest BCUT2D eigenvalue weighted by Crippen LogP contribution is 2.37. The van der Waals surface area contributed by atoms with Gasteiger partial charge in [-0.2, -0.15) is 0 Å². The van der Waals surface area contributed by atoms with Crippen LogP contribution in [-0.4, -0.2) is 41.2 Å². The number of anilines is 2. The fourth-order valence-corrected chi connectivity index (χ4v) is 3.61. The minimum absolute atomic E-state index is 0.0411. The van der Waals surface area contributed by atoms with Crippen LogP contribution in [0.4, 0.5) is 11.5 Å². The zero-order chi connectivity index (χ0) is 21.3. The van der Waals surface area contributed by atoms with Gasteiger partial charge < -0.3 is 19.7 Å². The van der Waals surface area contributed by atoms with Crippen molar-refractivity contribution >= 4 is 49.9 Å². The van der Waals surface area contributed by atoms with E-state index in [0.29, 0.717) is 22.3 Å². The van der Waals surface area contributed by atoms with Crippen LogP contribution in [0.1, 0.15) is 0 Å². The van der Waals surface area contributed by atoms with Gasteiger partial charge in [0, 0.05) is 27.3 Å². The first-order valence-corrected chi connectivity index (χ1v) is 10.4. The molecule has 6 nitrogen and oxygen atoms in total. The van der Waals surface area contributed by atoms with E-state index in [1.807, 2.05) is 30.3 Å². The van der Waals surface area contributed by atoms with Gasteiger partial charge in [-0.25, -0.2) is 9.97 Å². The zero-order valence-corrected chi connectivity index (χ0v) is 18.7. The molecule has 1 saturated heterocycles. The second-order valence-electron chi connectivity index (χ2n) is 6.84. The molecule has 3 aromatic rings. The van der Waals surface area contributed by atoms with E-state index in [2.05, 4.69) is 49.3 Å². The zero-order valence-electron chi connectivity index (χ0n) is 16.4. The number of hydrogen-bond acceptors (Lipinski definition) is 6. The van der Waals surface area contributed by atoms with Crippen molar-refractivity contribution in [2.24, 2.45) is 0 Å². The van der Waals surface area contributed by atoms with Crippen molar-refractivity contribution in [2.75, 3.05) is 25.5 Å². The molecular weight excluding hydrogens is 468 g/mol. The maximum absolute atomic E-state index is 6.21. The quantitative estimate of drug-likeness (QED) is 0.440. The number of aromatic nitrogens is 2. The first-order valence-electron chi connectivity index (χ1n) is 9.26. The Hall–Kier alpha value is -2.77. The van der Waals surface area contributed by atoms with Gasteiger partial charge in [-0.3, -0.25) is 0 Å². The molecule has 0 saturated carbocycles. The Morgan fingerprint density at radius 1 is 1.27 bits per heavy atom. The van der Waals surface area contributed by atoms with E-state index in [-0.39, 0.29) is 6.10 Å². The molecule has 1 aromatic heterocycles. The maximum Gasteiger partial charge on any atom is 0.162 e. The number of benzene rings is 2. The fourth-order valence-electron chi connectivity index (χ4n) is 3.18. The Morgan fingerprint density at radius 3 is 2.77 bits per heavy atom. The average Bonchev–Trinajstić information content (AvgIpc) is 2.72. The van der Waals surface area contributed by atoms with E-state index in [1.165, 1.54) is 6.33 Å². The van der Waals surface area contributed by atoms with Crippen molar-refractivity contribution < 1.29 is 9.47 Å². The Labute approximate surface area is 188 Å². The lowest BCUT2D eigenvalue weighted by Crippen LogP contribution is -2.52. The number of hydrogen-bond donors (Lipinski definition) is 1. The summed E-state index contributed by atoms with van der Waals surface area (Å²) in [4.78, 5) is 10.9. The molecule has 0 radical (unpaired) electrons. The van der Waals surface area contributed by atoms with Crippen LogP contribution in [0.3, 0.4) is 0 Å². The number of allylic oxidation sites excluding steroid dienone is 1. The van der Waals surface area contributed by atoms with Crippen LogP contribution in [0.5, 0.6) is 11.5 Å². The number of nitrogens with zero attached hydrogens (tertiary/aromatic N) is 3. The number of ether oxygens (including phenoxy) is 2. The summed E-state index contributed by atoms with van der Waals surface area (Å²) in [6, 6.07) is 9.38. The molecule has 1 aliphatic heterocycles. The molecule has 2 aromatic carbocycles. The van der Waals surface area contributed by atoms with E-state index in [4.69, 9.17) is 21.1 Å². The predicted molar refractivity (Wildman–Crippen MR) is 124 cm³/mol. The summed E-state index contributed by atoms with van der Waals surface area (Å²) in [5.41, 5.74) is 2.46. The second kappa shape index (κ2) is 8.53. The molecule has 8 heteroatoms. The third-order valence-electron chi connectivity index (χ3n) is 4.89. The molecule has 0 unspecified atom stereocenters. The summed E-state index contributed by atoms with van der Waals surface area (Å²) in [7, 11) is 1.62. The molecule has 1 fully saturated rings. The molecule has 0 aliphatic carbocycles. The molecule has 1 aliphatic rings. The van der Waals surface area contributed by atoms with Gasteiger partial charge in [-0.1, -0.05) is 24.8 Å². The molecule has 0 spiro atoms. The summed E-state index contributed by atoms with van der Waals surface area (Å²) >= 11 is 9.62. The molecule has 4 rings (SSSR count). The standard InChI is InChI=1S/C22H20BrClN4O2/c1-4-13(2)28-10-15(11-28)30-21-8-16-19(9-20(21)29-3)25-12-26-22(16)27-14-5-6-17(23)18(24)7-14/h4-9,12,15H,1-2,10-11H2,3H3,(H,25,26,27). The molecule has 0 amide bonds. The number of methoxy groups -OCH3 is 1. The van der Waals surface area contributed by atoms with Crippen molar-refractivity contribution in [1.29, 1.82) is 0 Å². The van der Waals surface area contributed by atoms with Crippen LogP contribution >= 0.6 is 27.5 Å². The number of likely N-dealkylation sites (tertiary alicyclic amines) is 1. The monoisotopic (exact) mass is 486 g/mol. The van der Waals surface area contributed by atoms with E-state index in [0.717, 1.165) is 39.8 Å². The van der Waals surface area contributed by atoms with Gasteiger partial charge in [0.05, 0.1) is 30.7 Å². The van der Waals surface area contributed by atoms with E-state index >= 15 is 0 Å². The van der Waals surface area contributed by atoms with E-state index in [9.17, 15) is 0 Å². The van der Waals surface area contributed by atoms with Crippen molar-refractivity contribution in [3.05, 3.63) is 71.1 Å². The topological polar surface area (TPSA) is 59.5 Å². The van der Waals surface area contributed by atoms with Gasteiger partial charge in [0.2, 0.25) is 0 Å². The second-order valence-corrected chi connectivity index (χ2v) is 8.10. The molecule has 1 N–H and O–H groups in total. The Bertz CT molecular complexity index is 1130. The van der Waals surface area contributed by atoms with Gasteiger partial charge in [0.25, 0.3) is 0 Å². The Balaban J connectivity index is 1.63. The van der Waals surface area contributed by atoms with Crippen LogP contribution in [-0.2, 0) is 0 Å². The summed E-state index contributed by atoms with van der Waals surface area (Å²) in [5.74, 6) is 1.92. The number of rotatable bonds is 7. The Kier molecular flexibility index (Phi) is 5.83. The van der Waals surface area contributed by atoms with Gasteiger partial charge in [-0.05, 0) is 46.3 Å². The van der Waals surface area contributed by atoms with E-state index in [1.54, 1.807) is 13.2 Å². The molecule has 0 bridgehead atoms. The lowest BCUT2D eigenvalue weighted by Gasteiger charge is -2.41. The molecular formula is C22H20BrClN4O2. The minimum atomic E-state index is 0.0411. The number of nitrogens with one attached hydrogen (secondary N) is 1. The average molecular weight is 488 g/mol. The molecule has 2 heterocycles. The SMILES string of the molecule is C=CC(=C)N1CC(Oc2cc3c(Nc4ccc(Br)c(Cl)c4)ncnc3cc2OC)C1.